The fraction of sp³-hybridized carbons (Fsp3) is 0.138. The van der Waals surface area contributed by atoms with E-state index in [1.165, 1.54) is 11.1 Å². The Kier molecular flexibility index (Phi) is 6.27. The third kappa shape index (κ3) is 4.65. The van der Waals surface area contributed by atoms with E-state index < -0.39 is 6.04 Å². The van der Waals surface area contributed by atoms with Crippen molar-refractivity contribution >= 4 is 16.7 Å². The zero-order valence-electron chi connectivity index (χ0n) is 19.0. The van der Waals surface area contributed by atoms with Crippen LogP contribution in [0, 0.1) is 6.92 Å². The molecule has 5 heteroatoms. The number of hydrogen-bond donors (Lipinski definition) is 2. The van der Waals surface area contributed by atoms with Gasteiger partial charge in [-0.2, -0.15) is 10.2 Å². The summed E-state index contributed by atoms with van der Waals surface area (Å²) in [6, 6.07) is 27.8. The van der Waals surface area contributed by atoms with Gasteiger partial charge in [0.05, 0.1) is 11.7 Å². The summed E-state index contributed by atoms with van der Waals surface area (Å²) in [5.74, 6) is 0.0496. The van der Waals surface area contributed by atoms with E-state index in [2.05, 4.69) is 51.7 Å². The van der Waals surface area contributed by atoms with E-state index in [4.69, 9.17) is 0 Å². The standard InChI is InChI=1S/C29H26N4O/c1-20-9-11-21(12-10-20)15-17-30-28(22-6-3-2-4-7-22)29(34)25-19-31-27-18-23(13-14-24(25)27)26-8-5-16-32-33-26/h2-14,16,18-19,28,30-31H,15,17H2,1H3/t28-/m0/s1. The molecular weight excluding hydrogens is 420 g/mol. The maximum absolute atomic E-state index is 13.8. The lowest BCUT2D eigenvalue weighted by Crippen LogP contribution is -2.30. The number of aromatic amines is 1. The number of aromatic nitrogens is 3. The van der Waals surface area contributed by atoms with E-state index in [0.29, 0.717) is 12.1 Å². The molecule has 2 aromatic heterocycles. The Balaban J connectivity index is 1.40. The fourth-order valence-electron chi connectivity index (χ4n) is 4.22. The lowest BCUT2D eigenvalue weighted by atomic mass is 9.96. The average molecular weight is 447 g/mol. The topological polar surface area (TPSA) is 70.7 Å². The highest BCUT2D eigenvalue weighted by molar-refractivity contribution is 6.11. The molecule has 5 rings (SSSR count). The molecule has 0 unspecified atom stereocenters. The summed E-state index contributed by atoms with van der Waals surface area (Å²) in [6.45, 7) is 2.79. The molecule has 0 spiro atoms. The van der Waals surface area contributed by atoms with Gasteiger partial charge >= 0.3 is 0 Å². The second kappa shape index (κ2) is 9.81. The lowest BCUT2D eigenvalue weighted by Gasteiger charge is -2.18. The van der Waals surface area contributed by atoms with Crippen LogP contribution in [-0.2, 0) is 6.42 Å². The molecule has 0 saturated heterocycles. The largest absolute Gasteiger partial charge is 0.360 e. The van der Waals surface area contributed by atoms with Gasteiger partial charge in [0.2, 0.25) is 0 Å². The third-order valence-corrected chi connectivity index (χ3v) is 6.09. The van der Waals surface area contributed by atoms with Crippen molar-refractivity contribution in [3.63, 3.8) is 0 Å². The zero-order valence-corrected chi connectivity index (χ0v) is 19.0. The molecule has 0 radical (unpaired) electrons. The van der Waals surface area contributed by atoms with Crippen LogP contribution in [0.1, 0.15) is 33.1 Å². The van der Waals surface area contributed by atoms with Crippen molar-refractivity contribution in [2.75, 3.05) is 6.54 Å². The first-order valence-corrected chi connectivity index (χ1v) is 11.5. The molecule has 2 N–H and O–H groups in total. The molecule has 3 aromatic carbocycles. The van der Waals surface area contributed by atoms with Gasteiger partial charge < -0.3 is 10.3 Å². The summed E-state index contributed by atoms with van der Waals surface area (Å²) in [6.07, 6.45) is 4.32. The Hall–Kier alpha value is -4.09. The Bertz CT molecular complexity index is 1390. The molecular formula is C29H26N4O. The molecule has 0 aliphatic rings. The molecule has 5 nitrogen and oxygen atoms in total. The highest BCUT2D eigenvalue weighted by atomic mass is 16.1. The van der Waals surface area contributed by atoms with Crippen molar-refractivity contribution in [2.24, 2.45) is 0 Å². The van der Waals surface area contributed by atoms with Crippen molar-refractivity contribution in [1.29, 1.82) is 0 Å². The molecule has 0 aliphatic heterocycles. The number of carbonyl (C=O) groups excluding carboxylic acids is 1. The first-order chi connectivity index (χ1) is 16.7. The summed E-state index contributed by atoms with van der Waals surface area (Å²) < 4.78 is 0. The first kappa shape index (κ1) is 21.7. The van der Waals surface area contributed by atoms with Gasteiger partial charge in [0.25, 0.3) is 0 Å². The predicted molar refractivity (Wildman–Crippen MR) is 136 cm³/mol. The second-order valence-electron chi connectivity index (χ2n) is 8.47. The van der Waals surface area contributed by atoms with Gasteiger partial charge in [-0.25, -0.2) is 0 Å². The Morgan fingerprint density at radius 2 is 1.79 bits per heavy atom. The van der Waals surface area contributed by atoms with E-state index in [1.54, 1.807) is 6.20 Å². The normalized spacial score (nSPS) is 12.0. The molecule has 0 bridgehead atoms. The summed E-state index contributed by atoms with van der Waals surface area (Å²) in [5.41, 5.74) is 6.79. The monoisotopic (exact) mass is 446 g/mol. The minimum absolute atomic E-state index is 0.0496. The molecule has 2 heterocycles. The molecule has 5 aromatic rings. The number of nitrogens with zero attached hydrogens (tertiary/aromatic N) is 2. The van der Waals surface area contributed by atoms with Gasteiger partial charge in [-0.15, -0.1) is 0 Å². The highest BCUT2D eigenvalue weighted by Gasteiger charge is 2.24. The minimum atomic E-state index is -0.426. The van der Waals surface area contributed by atoms with Crippen molar-refractivity contribution in [3.05, 3.63) is 120 Å². The van der Waals surface area contributed by atoms with Crippen molar-refractivity contribution in [2.45, 2.75) is 19.4 Å². The van der Waals surface area contributed by atoms with Crippen LogP contribution < -0.4 is 5.32 Å². The van der Waals surface area contributed by atoms with Gasteiger partial charge in [0, 0.05) is 41.0 Å². The number of fused-ring (bicyclic) bond motifs is 1. The van der Waals surface area contributed by atoms with Gasteiger partial charge in [-0.3, -0.25) is 4.79 Å². The summed E-state index contributed by atoms with van der Waals surface area (Å²) in [7, 11) is 0. The number of ketones is 1. The molecule has 0 saturated carbocycles. The van der Waals surface area contributed by atoms with Crippen LogP contribution in [0.2, 0.25) is 0 Å². The maximum Gasteiger partial charge on any atom is 0.186 e. The number of hydrogen-bond acceptors (Lipinski definition) is 4. The summed E-state index contributed by atoms with van der Waals surface area (Å²) >= 11 is 0. The molecule has 1 atom stereocenters. The Labute approximate surface area is 198 Å². The first-order valence-electron chi connectivity index (χ1n) is 11.5. The molecule has 0 aliphatic carbocycles. The van der Waals surface area contributed by atoms with Crippen LogP contribution in [0.4, 0.5) is 0 Å². The van der Waals surface area contributed by atoms with Gasteiger partial charge in [0.1, 0.15) is 0 Å². The SMILES string of the molecule is Cc1ccc(CCN[C@H](C(=O)c2c[nH]c3cc(-c4cccnn4)ccc23)c2ccccc2)cc1. The molecule has 0 fully saturated rings. The average Bonchev–Trinajstić information content (AvgIpc) is 3.32. The van der Waals surface area contributed by atoms with Crippen molar-refractivity contribution < 1.29 is 4.79 Å². The number of aryl methyl sites for hydroxylation is 1. The maximum atomic E-state index is 13.8. The quantitative estimate of drug-likeness (QED) is 0.301. The Morgan fingerprint density at radius 3 is 2.56 bits per heavy atom. The van der Waals surface area contributed by atoms with Crippen LogP contribution in [-0.4, -0.2) is 27.5 Å². The van der Waals surface area contributed by atoms with Crippen LogP contribution in [0.5, 0.6) is 0 Å². The minimum Gasteiger partial charge on any atom is -0.360 e. The van der Waals surface area contributed by atoms with Gasteiger partial charge in [-0.1, -0.05) is 72.3 Å². The van der Waals surface area contributed by atoms with Crippen LogP contribution >= 0.6 is 0 Å². The summed E-state index contributed by atoms with van der Waals surface area (Å²) in [5, 5.41) is 12.6. The van der Waals surface area contributed by atoms with E-state index in [-0.39, 0.29) is 5.78 Å². The smallest absolute Gasteiger partial charge is 0.186 e. The van der Waals surface area contributed by atoms with E-state index >= 15 is 0 Å². The highest BCUT2D eigenvalue weighted by Crippen LogP contribution is 2.28. The second-order valence-corrected chi connectivity index (χ2v) is 8.47. The summed E-state index contributed by atoms with van der Waals surface area (Å²) in [4.78, 5) is 17.0. The molecule has 34 heavy (non-hydrogen) atoms. The number of H-pyrrole nitrogens is 1. The van der Waals surface area contributed by atoms with Crippen molar-refractivity contribution in [3.8, 4) is 11.3 Å². The van der Waals surface area contributed by atoms with Gasteiger partial charge in [-0.05, 0) is 42.7 Å². The Morgan fingerprint density at radius 1 is 0.971 bits per heavy atom. The van der Waals surface area contributed by atoms with E-state index in [9.17, 15) is 4.79 Å². The van der Waals surface area contributed by atoms with E-state index in [0.717, 1.165) is 34.1 Å². The number of rotatable bonds is 8. The van der Waals surface area contributed by atoms with Gasteiger partial charge in [0.15, 0.2) is 5.78 Å². The molecule has 0 amide bonds. The van der Waals surface area contributed by atoms with Crippen LogP contribution in [0.15, 0.2) is 97.3 Å². The van der Waals surface area contributed by atoms with Crippen LogP contribution in [0.25, 0.3) is 22.2 Å². The predicted octanol–water partition coefficient (Wildman–Crippen LogP) is 5.69. The molecule has 168 valence electrons. The fourth-order valence-corrected chi connectivity index (χ4v) is 4.22. The number of benzene rings is 3. The third-order valence-electron chi connectivity index (χ3n) is 6.09. The van der Waals surface area contributed by atoms with E-state index in [1.807, 2.05) is 66.9 Å². The van der Waals surface area contributed by atoms with Crippen molar-refractivity contribution in [1.82, 2.24) is 20.5 Å². The lowest BCUT2D eigenvalue weighted by molar-refractivity contribution is 0.0945. The number of carbonyl (C=O) groups is 1. The van der Waals surface area contributed by atoms with Crippen LogP contribution in [0.3, 0.4) is 0 Å². The number of Topliss-reactive ketones (excluding diaryl/α,β-unsaturated/α-hetero) is 1. The number of nitrogens with one attached hydrogen (secondary N) is 2. The zero-order chi connectivity index (χ0) is 23.3.